The van der Waals surface area contributed by atoms with Crippen LogP contribution in [0, 0.1) is 6.92 Å². The average Bonchev–Trinajstić information content (AvgIpc) is 3.13. The molecule has 30 heavy (non-hydrogen) atoms. The number of aromatic nitrogens is 2. The second kappa shape index (κ2) is 8.04. The van der Waals surface area contributed by atoms with E-state index < -0.39 is 5.97 Å². The first kappa shape index (κ1) is 19.7. The van der Waals surface area contributed by atoms with Crippen LogP contribution in [0.25, 0.3) is 15.9 Å². The summed E-state index contributed by atoms with van der Waals surface area (Å²) in [5.41, 5.74) is 1.53. The lowest BCUT2D eigenvalue weighted by atomic mass is 10.0. The van der Waals surface area contributed by atoms with Gasteiger partial charge in [-0.2, -0.15) is 0 Å². The molecule has 4 rings (SSSR count). The lowest BCUT2D eigenvalue weighted by molar-refractivity contribution is 0.0529. The van der Waals surface area contributed by atoms with Crippen LogP contribution in [0.3, 0.4) is 0 Å². The molecule has 0 spiro atoms. The van der Waals surface area contributed by atoms with E-state index in [0.29, 0.717) is 21.6 Å². The van der Waals surface area contributed by atoms with Crippen molar-refractivity contribution in [3.05, 3.63) is 92.8 Å². The number of rotatable bonds is 5. The molecule has 0 atom stereocenters. The summed E-state index contributed by atoms with van der Waals surface area (Å²) >= 11 is 1.07. The Kier molecular flexibility index (Phi) is 5.29. The summed E-state index contributed by atoms with van der Waals surface area (Å²) in [6.07, 6.45) is 0. The van der Waals surface area contributed by atoms with Crippen LogP contribution >= 0.6 is 11.3 Å². The van der Waals surface area contributed by atoms with Gasteiger partial charge in [-0.15, -0.1) is 11.3 Å². The van der Waals surface area contributed by atoms with Gasteiger partial charge < -0.3 is 4.74 Å². The first-order valence-corrected chi connectivity index (χ1v) is 10.2. The van der Waals surface area contributed by atoms with Crippen LogP contribution < -0.4 is 5.56 Å². The molecule has 0 fully saturated rings. The summed E-state index contributed by atoms with van der Waals surface area (Å²) in [6, 6.07) is 17.2. The van der Waals surface area contributed by atoms with E-state index in [1.54, 1.807) is 50.2 Å². The minimum absolute atomic E-state index is 0.162. The highest BCUT2D eigenvalue weighted by Gasteiger charge is 2.28. The highest BCUT2D eigenvalue weighted by Crippen LogP contribution is 2.34. The monoisotopic (exact) mass is 418 g/mol. The molecule has 4 aromatic rings. The number of ether oxygens (including phenoxy) is 1. The molecule has 1 aromatic carbocycles. The van der Waals surface area contributed by atoms with Gasteiger partial charge in [-0.05, 0) is 44.2 Å². The van der Waals surface area contributed by atoms with Gasteiger partial charge in [-0.3, -0.25) is 14.2 Å². The lowest BCUT2D eigenvalue weighted by Crippen LogP contribution is -2.16. The number of benzene rings is 1. The standard InChI is InChI=1S/C23H18N2O4S/c1-3-29-23(28)21-19(20(27)17-11-7-8-14(2)24-17)16-12-13-18(26)25(22(16)30-21)15-9-5-4-6-10-15/h4-13H,3H2,1-2H3. The largest absolute Gasteiger partial charge is 0.462 e. The molecule has 0 saturated heterocycles. The zero-order valence-corrected chi connectivity index (χ0v) is 17.2. The van der Waals surface area contributed by atoms with Crippen molar-refractivity contribution in [1.82, 2.24) is 9.55 Å². The van der Waals surface area contributed by atoms with Gasteiger partial charge in [-0.25, -0.2) is 9.78 Å². The Bertz CT molecular complexity index is 1320. The summed E-state index contributed by atoms with van der Waals surface area (Å²) in [6.45, 7) is 3.67. The second-order valence-electron chi connectivity index (χ2n) is 6.58. The Morgan fingerprint density at radius 2 is 1.80 bits per heavy atom. The molecule has 0 aliphatic rings. The van der Waals surface area contributed by atoms with Gasteiger partial charge >= 0.3 is 5.97 Å². The number of esters is 1. The number of pyridine rings is 2. The van der Waals surface area contributed by atoms with Crippen molar-refractivity contribution >= 4 is 33.3 Å². The molecule has 0 amide bonds. The highest BCUT2D eigenvalue weighted by atomic mass is 32.1. The fourth-order valence-corrected chi connectivity index (χ4v) is 4.47. The van der Waals surface area contributed by atoms with Crippen LogP contribution in [0.4, 0.5) is 0 Å². The summed E-state index contributed by atoms with van der Waals surface area (Å²) < 4.78 is 6.70. The van der Waals surface area contributed by atoms with Crippen LogP contribution in [0.15, 0.2) is 65.5 Å². The van der Waals surface area contributed by atoms with E-state index in [1.807, 2.05) is 18.2 Å². The van der Waals surface area contributed by atoms with Crippen molar-refractivity contribution in [3.8, 4) is 5.69 Å². The number of nitrogens with zero attached hydrogens (tertiary/aromatic N) is 2. The maximum Gasteiger partial charge on any atom is 0.349 e. The molecule has 3 aromatic heterocycles. The van der Waals surface area contributed by atoms with Gasteiger partial charge in [0.1, 0.15) is 15.4 Å². The number of thiophene rings is 1. The van der Waals surface area contributed by atoms with Crippen LogP contribution in [0.1, 0.15) is 38.3 Å². The number of hydrogen-bond donors (Lipinski definition) is 0. The third-order valence-corrected chi connectivity index (χ3v) is 5.74. The Labute approximate surface area is 176 Å². The number of carbonyl (C=O) groups is 2. The number of para-hydroxylation sites is 1. The molecule has 6 nitrogen and oxygen atoms in total. The van der Waals surface area contributed by atoms with Gasteiger partial charge in [0, 0.05) is 17.1 Å². The SMILES string of the molecule is CCOC(=O)c1sc2c(ccc(=O)n2-c2ccccc2)c1C(=O)c1cccc(C)n1. The minimum atomic E-state index is -0.596. The lowest BCUT2D eigenvalue weighted by Gasteiger charge is -2.07. The average molecular weight is 418 g/mol. The summed E-state index contributed by atoms with van der Waals surface area (Å²) in [7, 11) is 0. The maximum atomic E-state index is 13.4. The predicted octanol–water partition coefficient (Wildman–Crippen LogP) is 4.16. The third kappa shape index (κ3) is 3.44. The molecule has 3 heterocycles. The molecule has 0 unspecified atom stereocenters. The van der Waals surface area contributed by atoms with Crippen LogP contribution in [-0.2, 0) is 4.74 Å². The van der Waals surface area contributed by atoms with Crippen molar-refractivity contribution in [2.75, 3.05) is 6.61 Å². The maximum absolute atomic E-state index is 13.4. The molecule has 0 N–H and O–H groups in total. The fraction of sp³-hybridized carbons (Fsp3) is 0.130. The van der Waals surface area contributed by atoms with Crippen molar-refractivity contribution in [1.29, 1.82) is 0 Å². The summed E-state index contributed by atoms with van der Waals surface area (Å²) in [5, 5.41) is 0.514. The van der Waals surface area contributed by atoms with Gasteiger partial charge in [-0.1, -0.05) is 24.3 Å². The normalized spacial score (nSPS) is 10.9. The van der Waals surface area contributed by atoms with Gasteiger partial charge in [0.25, 0.3) is 5.56 Å². The number of fused-ring (bicyclic) bond motifs is 1. The molecule has 0 radical (unpaired) electrons. The molecular weight excluding hydrogens is 400 g/mol. The summed E-state index contributed by atoms with van der Waals surface area (Å²) in [5.74, 6) is -0.979. The molecule has 150 valence electrons. The zero-order valence-electron chi connectivity index (χ0n) is 16.4. The number of carbonyl (C=O) groups excluding carboxylic acids is 2. The third-order valence-electron chi connectivity index (χ3n) is 4.56. The van der Waals surface area contributed by atoms with Crippen LogP contribution in [0.5, 0.6) is 0 Å². The van der Waals surface area contributed by atoms with Crippen LogP contribution in [-0.4, -0.2) is 27.9 Å². The van der Waals surface area contributed by atoms with E-state index >= 15 is 0 Å². The van der Waals surface area contributed by atoms with E-state index in [9.17, 15) is 14.4 Å². The van der Waals surface area contributed by atoms with Crippen molar-refractivity contribution < 1.29 is 14.3 Å². The number of ketones is 1. The van der Waals surface area contributed by atoms with E-state index in [-0.39, 0.29) is 34.1 Å². The topological polar surface area (TPSA) is 78.3 Å². The van der Waals surface area contributed by atoms with E-state index in [2.05, 4.69) is 4.98 Å². The smallest absolute Gasteiger partial charge is 0.349 e. The number of hydrogen-bond acceptors (Lipinski definition) is 6. The molecule has 0 bridgehead atoms. The fourth-order valence-electron chi connectivity index (χ4n) is 3.27. The van der Waals surface area contributed by atoms with E-state index in [1.165, 1.54) is 10.6 Å². The van der Waals surface area contributed by atoms with Crippen LogP contribution in [0.2, 0.25) is 0 Å². The molecule has 0 saturated carbocycles. The second-order valence-corrected chi connectivity index (χ2v) is 7.58. The quantitative estimate of drug-likeness (QED) is 0.359. The van der Waals surface area contributed by atoms with Crippen molar-refractivity contribution in [2.24, 2.45) is 0 Å². The summed E-state index contributed by atoms with van der Waals surface area (Å²) in [4.78, 5) is 43.8. The van der Waals surface area contributed by atoms with Gasteiger partial charge in [0.2, 0.25) is 5.78 Å². The van der Waals surface area contributed by atoms with Crippen molar-refractivity contribution in [2.45, 2.75) is 13.8 Å². The van der Waals surface area contributed by atoms with Gasteiger partial charge in [0.05, 0.1) is 17.9 Å². The van der Waals surface area contributed by atoms with E-state index in [0.717, 1.165) is 11.3 Å². The predicted molar refractivity (Wildman–Crippen MR) is 116 cm³/mol. The molecule has 7 heteroatoms. The first-order chi connectivity index (χ1) is 14.5. The zero-order chi connectivity index (χ0) is 21.3. The Morgan fingerprint density at radius 3 is 2.50 bits per heavy atom. The Balaban J connectivity index is 2.03. The number of aryl methyl sites for hydroxylation is 1. The van der Waals surface area contributed by atoms with Gasteiger partial charge in [0.15, 0.2) is 0 Å². The Hall–Kier alpha value is -3.58. The Morgan fingerprint density at radius 1 is 1.03 bits per heavy atom. The molecule has 0 aliphatic carbocycles. The highest BCUT2D eigenvalue weighted by molar-refractivity contribution is 7.21. The molecule has 0 aliphatic heterocycles. The van der Waals surface area contributed by atoms with E-state index in [4.69, 9.17) is 4.74 Å². The molecular formula is C23H18N2O4S. The minimum Gasteiger partial charge on any atom is -0.462 e. The van der Waals surface area contributed by atoms with Crippen molar-refractivity contribution in [3.63, 3.8) is 0 Å². The first-order valence-electron chi connectivity index (χ1n) is 9.40.